The molecule has 0 radical (unpaired) electrons. The van der Waals surface area contributed by atoms with Gasteiger partial charge in [-0.1, -0.05) is 0 Å². The molecule has 0 spiro atoms. The van der Waals surface area contributed by atoms with Crippen LogP contribution in [0.4, 0.5) is 23.7 Å². The van der Waals surface area contributed by atoms with Crippen LogP contribution in [0.25, 0.3) is 11.0 Å². The zero-order chi connectivity index (χ0) is 27.6. The Balaban J connectivity index is 1.23. The molecule has 1 aromatic heterocycles. The predicted molar refractivity (Wildman–Crippen MR) is 138 cm³/mol. The third kappa shape index (κ3) is 6.40. The molecule has 0 bridgehead atoms. The van der Waals surface area contributed by atoms with Crippen LogP contribution in [0.15, 0.2) is 35.7 Å². The fourth-order valence-electron chi connectivity index (χ4n) is 5.27. The first-order valence-electron chi connectivity index (χ1n) is 13.2. The number of ether oxygens (including phenoxy) is 3. The van der Waals surface area contributed by atoms with Gasteiger partial charge in [0, 0.05) is 44.1 Å². The summed E-state index contributed by atoms with van der Waals surface area (Å²) in [6, 6.07) is 3.62. The van der Waals surface area contributed by atoms with Crippen LogP contribution in [-0.2, 0) is 16.5 Å². The normalized spacial score (nSPS) is 26.8. The number of imidazole rings is 1. The molecule has 10 nitrogen and oxygen atoms in total. The predicted octanol–water partition coefficient (Wildman–Crippen LogP) is 3.92. The van der Waals surface area contributed by atoms with E-state index in [1.807, 2.05) is 17.7 Å². The highest BCUT2D eigenvalue weighted by molar-refractivity contribution is 5.97. The maximum atomic E-state index is 13.0. The molecule has 2 atom stereocenters. The number of rotatable bonds is 7. The average molecular weight is 551 g/mol. The van der Waals surface area contributed by atoms with Crippen LogP contribution in [-0.4, -0.2) is 76.6 Å². The van der Waals surface area contributed by atoms with E-state index in [4.69, 9.17) is 15.2 Å². The van der Waals surface area contributed by atoms with E-state index in [9.17, 15) is 18.0 Å². The molecular formula is C26H33F3N6O4. The lowest BCUT2D eigenvalue weighted by molar-refractivity contribution is -0.192. The SMILES string of the molecule is Cn1cnc2c(N=C(N)/C=C\N[C@H]3CCCOC3)cc(OC3CCC(N4C[C@H](C(F)(F)F)OC4=O)CC3)cc21. The summed E-state index contributed by atoms with van der Waals surface area (Å²) in [5.41, 5.74) is 8.26. The van der Waals surface area contributed by atoms with Crippen molar-refractivity contribution in [2.75, 3.05) is 19.8 Å². The number of amidine groups is 1. The number of carbonyl (C=O) groups excluding carboxylic acids is 1. The quantitative estimate of drug-likeness (QED) is 0.397. The van der Waals surface area contributed by atoms with Crippen LogP contribution in [0.1, 0.15) is 38.5 Å². The van der Waals surface area contributed by atoms with Crippen molar-refractivity contribution >= 4 is 28.6 Å². The van der Waals surface area contributed by atoms with Gasteiger partial charge in [0.2, 0.25) is 6.10 Å². The van der Waals surface area contributed by atoms with Gasteiger partial charge in [0.05, 0.1) is 36.8 Å². The maximum absolute atomic E-state index is 13.0. The zero-order valence-electron chi connectivity index (χ0n) is 21.7. The number of fused-ring (bicyclic) bond motifs is 1. The number of amides is 1. The molecule has 212 valence electrons. The largest absolute Gasteiger partial charge is 0.490 e. The highest BCUT2D eigenvalue weighted by Crippen LogP contribution is 2.35. The number of cyclic esters (lactones) is 1. The molecule has 3 heterocycles. The van der Waals surface area contributed by atoms with Crippen LogP contribution >= 0.6 is 0 Å². The van der Waals surface area contributed by atoms with Crippen LogP contribution in [0.2, 0.25) is 0 Å². The summed E-state index contributed by atoms with van der Waals surface area (Å²) in [4.78, 5) is 22.3. The summed E-state index contributed by atoms with van der Waals surface area (Å²) < 4.78 is 57.1. The Hall–Kier alpha value is -3.48. The number of nitrogens with zero attached hydrogens (tertiary/aromatic N) is 4. The lowest BCUT2D eigenvalue weighted by Gasteiger charge is -2.33. The Labute approximate surface area is 224 Å². The molecule has 1 aliphatic carbocycles. The number of hydrogen-bond acceptors (Lipinski definition) is 7. The van der Waals surface area contributed by atoms with Crippen LogP contribution in [0, 0.1) is 0 Å². The van der Waals surface area contributed by atoms with Crippen molar-refractivity contribution in [1.29, 1.82) is 0 Å². The Morgan fingerprint density at radius 2 is 2.05 bits per heavy atom. The molecule has 5 rings (SSSR count). The zero-order valence-corrected chi connectivity index (χ0v) is 21.7. The third-order valence-electron chi connectivity index (χ3n) is 7.37. The van der Waals surface area contributed by atoms with Crippen LogP contribution < -0.4 is 15.8 Å². The maximum Gasteiger partial charge on any atom is 0.427 e. The molecule has 3 aliphatic rings. The van der Waals surface area contributed by atoms with Crippen molar-refractivity contribution in [2.24, 2.45) is 17.8 Å². The van der Waals surface area contributed by atoms with E-state index in [-0.39, 0.29) is 18.2 Å². The van der Waals surface area contributed by atoms with Gasteiger partial charge in [0.1, 0.15) is 17.1 Å². The molecule has 3 N–H and O–H groups in total. The molecule has 0 unspecified atom stereocenters. The lowest BCUT2D eigenvalue weighted by Crippen LogP contribution is -2.42. The van der Waals surface area contributed by atoms with Gasteiger partial charge in [-0.2, -0.15) is 13.2 Å². The topological polar surface area (TPSA) is 116 Å². The van der Waals surface area contributed by atoms with E-state index in [1.54, 1.807) is 24.7 Å². The summed E-state index contributed by atoms with van der Waals surface area (Å²) in [5.74, 6) is 0.902. The molecule has 1 saturated carbocycles. The summed E-state index contributed by atoms with van der Waals surface area (Å²) in [5, 5.41) is 3.28. The fraction of sp³-hybridized carbons (Fsp3) is 0.577. The number of hydrogen-bond donors (Lipinski definition) is 2. The summed E-state index contributed by atoms with van der Waals surface area (Å²) in [7, 11) is 1.88. The Morgan fingerprint density at radius 3 is 2.74 bits per heavy atom. The number of nitrogens with two attached hydrogens (primary N) is 1. The Bertz CT molecular complexity index is 1230. The highest BCUT2D eigenvalue weighted by Gasteiger charge is 2.51. The number of carbonyl (C=O) groups is 1. The minimum absolute atomic E-state index is 0.153. The van der Waals surface area contributed by atoms with Gasteiger partial charge >= 0.3 is 12.3 Å². The minimum Gasteiger partial charge on any atom is -0.490 e. The monoisotopic (exact) mass is 550 g/mol. The van der Waals surface area contributed by atoms with Gasteiger partial charge < -0.3 is 34.7 Å². The Kier molecular flexibility index (Phi) is 7.87. The molecular weight excluding hydrogens is 517 g/mol. The molecule has 13 heteroatoms. The lowest BCUT2D eigenvalue weighted by atomic mass is 9.92. The number of benzene rings is 1. The molecule has 2 aromatic rings. The second-order valence-corrected chi connectivity index (χ2v) is 10.2. The summed E-state index contributed by atoms with van der Waals surface area (Å²) in [6.07, 6.45) is 1.78. The van der Waals surface area contributed by atoms with Crippen molar-refractivity contribution in [2.45, 2.75) is 69.0 Å². The van der Waals surface area contributed by atoms with E-state index >= 15 is 0 Å². The fourth-order valence-corrected chi connectivity index (χ4v) is 5.27. The molecule has 2 aliphatic heterocycles. The van der Waals surface area contributed by atoms with E-state index in [1.165, 1.54) is 4.90 Å². The van der Waals surface area contributed by atoms with E-state index in [0.29, 0.717) is 55.1 Å². The van der Waals surface area contributed by atoms with Crippen molar-refractivity contribution < 1.29 is 32.2 Å². The number of halogens is 3. The van der Waals surface area contributed by atoms with Gasteiger partial charge in [-0.05, 0) is 44.6 Å². The first kappa shape index (κ1) is 27.1. The summed E-state index contributed by atoms with van der Waals surface area (Å²) in [6.45, 7) is 0.991. The smallest absolute Gasteiger partial charge is 0.427 e. The van der Waals surface area contributed by atoms with Crippen molar-refractivity contribution in [3.05, 3.63) is 30.7 Å². The van der Waals surface area contributed by atoms with Gasteiger partial charge in [0.25, 0.3) is 0 Å². The van der Waals surface area contributed by atoms with E-state index in [0.717, 1.165) is 25.0 Å². The number of nitrogens with one attached hydrogen (secondary N) is 1. The van der Waals surface area contributed by atoms with Gasteiger partial charge in [-0.15, -0.1) is 0 Å². The third-order valence-corrected chi connectivity index (χ3v) is 7.37. The molecule has 2 saturated heterocycles. The molecule has 1 amide bonds. The number of aryl methyl sites for hydroxylation is 1. The number of aromatic nitrogens is 2. The first-order chi connectivity index (χ1) is 18.7. The van der Waals surface area contributed by atoms with Crippen molar-refractivity contribution in [3.63, 3.8) is 0 Å². The van der Waals surface area contributed by atoms with Gasteiger partial charge in [-0.25, -0.2) is 14.8 Å². The second-order valence-electron chi connectivity index (χ2n) is 10.2. The number of alkyl halides is 3. The van der Waals surface area contributed by atoms with Crippen molar-refractivity contribution in [1.82, 2.24) is 19.8 Å². The van der Waals surface area contributed by atoms with Crippen molar-refractivity contribution in [3.8, 4) is 5.75 Å². The minimum atomic E-state index is -4.56. The Morgan fingerprint density at radius 1 is 1.26 bits per heavy atom. The molecule has 1 aromatic carbocycles. The first-order valence-corrected chi connectivity index (χ1v) is 13.2. The second kappa shape index (κ2) is 11.3. The standard InChI is InChI=1S/C26H33F3N6O4/c1-34-15-32-24-20(33-23(30)8-9-31-16-3-2-10-37-14-16)11-19(12-21(24)34)38-18-6-4-17(5-7-18)35-13-22(26(27,28)29)39-25(35)36/h8-9,11-12,15-18,22,31H,2-7,10,13-14H2,1H3,(H2,30,33)/b9-8-/t16-,17?,18?,22+/m0/s1. The van der Waals surface area contributed by atoms with E-state index < -0.39 is 24.9 Å². The average Bonchev–Trinajstić information content (AvgIpc) is 3.48. The van der Waals surface area contributed by atoms with E-state index in [2.05, 4.69) is 20.0 Å². The van der Waals surface area contributed by atoms with Gasteiger partial charge in [0.15, 0.2) is 0 Å². The molecule has 3 fully saturated rings. The summed E-state index contributed by atoms with van der Waals surface area (Å²) >= 11 is 0. The highest BCUT2D eigenvalue weighted by atomic mass is 19.4. The molecule has 39 heavy (non-hydrogen) atoms. The van der Waals surface area contributed by atoms with Gasteiger partial charge in [-0.3, -0.25) is 0 Å². The van der Waals surface area contributed by atoms with Crippen LogP contribution in [0.3, 0.4) is 0 Å². The van der Waals surface area contributed by atoms with Crippen LogP contribution in [0.5, 0.6) is 5.75 Å². The number of aliphatic imine (C=N–C) groups is 1.